The number of carbonyl (C=O) groups is 4. The fourth-order valence-corrected chi connectivity index (χ4v) is 3.56. The molecule has 0 spiro atoms. The van der Waals surface area contributed by atoms with Crippen molar-refractivity contribution in [1.82, 2.24) is 10.2 Å². The van der Waals surface area contributed by atoms with Crippen LogP contribution < -0.4 is 5.32 Å². The second kappa shape index (κ2) is 11.3. The lowest BCUT2D eigenvalue weighted by Gasteiger charge is -2.35. The predicted molar refractivity (Wildman–Crippen MR) is 106 cm³/mol. The number of nitrogens with one attached hydrogen (secondary N) is 1. The summed E-state index contributed by atoms with van der Waals surface area (Å²) in [6, 6.07) is 1.66. The molecule has 13 heteroatoms. The SMILES string of the molecule is O=C(O)CC(NC(=O)C1CCCCN1C(=O)OC(c1cccc(Cl)c1)C(F)(F)F)C(=O)CF. The first kappa shape index (κ1) is 26.4. The fraction of sp³-hybridized carbons (Fsp3) is 0.500. The van der Waals surface area contributed by atoms with Gasteiger partial charge in [-0.3, -0.25) is 19.3 Å². The maximum absolute atomic E-state index is 13.6. The molecule has 1 aromatic rings. The number of halogens is 5. The number of benzene rings is 1. The largest absolute Gasteiger partial charge is 0.481 e. The second-order valence-corrected chi connectivity index (χ2v) is 7.76. The van der Waals surface area contributed by atoms with Gasteiger partial charge in [-0.15, -0.1) is 0 Å². The van der Waals surface area contributed by atoms with Crippen molar-refractivity contribution in [3.63, 3.8) is 0 Å². The highest BCUT2D eigenvalue weighted by atomic mass is 35.5. The van der Waals surface area contributed by atoms with Crippen LogP contribution in [0.1, 0.15) is 37.4 Å². The van der Waals surface area contributed by atoms with Crippen LogP contribution in [0.4, 0.5) is 22.4 Å². The molecule has 1 heterocycles. The Morgan fingerprint density at radius 2 is 1.94 bits per heavy atom. The summed E-state index contributed by atoms with van der Waals surface area (Å²) in [5.41, 5.74) is -0.420. The van der Waals surface area contributed by atoms with Crippen LogP contribution in [0.25, 0.3) is 0 Å². The standard InChI is InChI=1S/C20H21ClF4N2O6/c21-12-5-3-4-11(8-12)17(20(23,24)25)33-19(32)27-7-2-1-6-14(27)18(31)26-13(9-16(29)30)15(28)10-22/h3-5,8,13-14,17H,1-2,6-7,9-10H2,(H,26,31)(H,29,30). The minimum Gasteiger partial charge on any atom is -0.481 e. The number of hydrogen-bond acceptors (Lipinski definition) is 5. The van der Waals surface area contributed by atoms with E-state index in [9.17, 15) is 36.7 Å². The average Bonchev–Trinajstić information content (AvgIpc) is 2.75. The Labute approximate surface area is 190 Å². The quantitative estimate of drug-likeness (QED) is 0.533. The van der Waals surface area contributed by atoms with Crippen LogP contribution in [-0.4, -0.2) is 65.2 Å². The number of carbonyl (C=O) groups excluding carboxylic acids is 3. The Hall–Kier alpha value is -2.89. The molecule has 1 aliphatic rings. The molecule has 1 saturated heterocycles. The fourth-order valence-electron chi connectivity index (χ4n) is 3.37. The third kappa shape index (κ3) is 7.31. The van der Waals surface area contributed by atoms with Gasteiger partial charge in [0.25, 0.3) is 0 Å². The summed E-state index contributed by atoms with van der Waals surface area (Å²) in [4.78, 5) is 48.6. The van der Waals surface area contributed by atoms with Crippen molar-refractivity contribution < 1.29 is 46.6 Å². The lowest BCUT2D eigenvalue weighted by molar-refractivity contribution is -0.209. The van der Waals surface area contributed by atoms with Crippen LogP contribution in [0.15, 0.2) is 24.3 Å². The molecule has 0 aliphatic carbocycles. The van der Waals surface area contributed by atoms with Gasteiger partial charge < -0.3 is 15.2 Å². The number of Topliss-reactive ketones (excluding diaryl/α,β-unsaturated/α-hetero) is 1. The van der Waals surface area contributed by atoms with Crippen LogP contribution in [0.2, 0.25) is 5.02 Å². The molecule has 182 valence electrons. The maximum Gasteiger partial charge on any atom is 0.429 e. The number of nitrogens with zero attached hydrogens (tertiary/aromatic N) is 1. The van der Waals surface area contributed by atoms with Crippen LogP contribution in [0, 0.1) is 0 Å². The Morgan fingerprint density at radius 1 is 1.24 bits per heavy atom. The van der Waals surface area contributed by atoms with Gasteiger partial charge in [0, 0.05) is 17.1 Å². The first-order chi connectivity index (χ1) is 15.4. The highest BCUT2D eigenvalue weighted by Gasteiger charge is 2.46. The molecule has 8 nitrogen and oxygen atoms in total. The predicted octanol–water partition coefficient (Wildman–Crippen LogP) is 3.43. The van der Waals surface area contributed by atoms with E-state index in [1.165, 1.54) is 12.1 Å². The van der Waals surface area contributed by atoms with E-state index in [1.807, 2.05) is 0 Å². The number of ether oxygens (including phenoxy) is 1. The molecule has 1 aliphatic heterocycles. The summed E-state index contributed by atoms with van der Waals surface area (Å²) in [7, 11) is 0. The van der Waals surface area contributed by atoms with Crippen molar-refractivity contribution in [3.05, 3.63) is 34.9 Å². The summed E-state index contributed by atoms with van der Waals surface area (Å²) in [6.07, 6.45) is -9.12. The number of piperidine rings is 1. The number of rotatable bonds is 8. The summed E-state index contributed by atoms with van der Waals surface area (Å²) in [5, 5.41) is 10.9. The van der Waals surface area contributed by atoms with Gasteiger partial charge >= 0.3 is 18.2 Å². The molecule has 3 atom stereocenters. The Kier molecular flexibility index (Phi) is 9.03. The van der Waals surface area contributed by atoms with Crippen molar-refractivity contribution in [1.29, 1.82) is 0 Å². The van der Waals surface area contributed by atoms with E-state index in [-0.39, 0.29) is 18.0 Å². The molecule has 2 rings (SSSR count). The molecule has 2 N–H and O–H groups in total. The van der Waals surface area contributed by atoms with E-state index in [1.54, 1.807) is 0 Å². The van der Waals surface area contributed by atoms with Crippen LogP contribution >= 0.6 is 11.6 Å². The molecule has 0 saturated carbocycles. The highest BCUT2D eigenvalue weighted by molar-refractivity contribution is 6.30. The van der Waals surface area contributed by atoms with Gasteiger partial charge in [-0.05, 0) is 31.4 Å². The van der Waals surface area contributed by atoms with Gasteiger partial charge in [0.1, 0.15) is 18.8 Å². The molecule has 1 fully saturated rings. The van der Waals surface area contributed by atoms with Gasteiger partial charge in [0.05, 0.1) is 6.42 Å². The van der Waals surface area contributed by atoms with Crippen molar-refractivity contribution in [3.8, 4) is 0 Å². The van der Waals surface area contributed by atoms with Gasteiger partial charge in [-0.1, -0.05) is 23.7 Å². The van der Waals surface area contributed by atoms with Gasteiger partial charge in [-0.2, -0.15) is 13.2 Å². The molecule has 1 aromatic carbocycles. The number of hydrogen-bond donors (Lipinski definition) is 2. The average molecular weight is 497 g/mol. The van der Waals surface area contributed by atoms with E-state index in [0.717, 1.165) is 17.0 Å². The third-order valence-corrected chi connectivity index (χ3v) is 5.16. The zero-order valence-corrected chi connectivity index (χ0v) is 17.9. The van der Waals surface area contributed by atoms with Crippen molar-refractivity contribution >= 4 is 35.4 Å². The van der Waals surface area contributed by atoms with E-state index in [0.29, 0.717) is 12.8 Å². The number of alkyl halides is 4. The maximum atomic E-state index is 13.6. The first-order valence-corrected chi connectivity index (χ1v) is 10.2. The molecule has 0 aromatic heterocycles. The summed E-state index contributed by atoms with van der Waals surface area (Å²) in [5.74, 6) is -3.66. The van der Waals surface area contributed by atoms with E-state index >= 15 is 0 Å². The number of amides is 2. The lowest BCUT2D eigenvalue weighted by atomic mass is 10.0. The monoisotopic (exact) mass is 496 g/mol. The molecule has 33 heavy (non-hydrogen) atoms. The number of ketones is 1. The van der Waals surface area contributed by atoms with Crippen LogP contribution in [-0.2, 0) is 19.1 Å². The first-order valence-electron chi connectivity index (χ1n) is 9.84. The second-order valence-electron chi connectivity index (χ2n) is 7.32. The Bertz CT molecular complexity index is 898. The van der Waals surface area contributed by atoms with Crippen molar-refractivity contribution in [2.24, 2.45) is 0 Å². The molecule has 0 radical (unpaired) electrons. The molecular weight excluding hydrogens is 476 g/mol. The highest BCUT2D eigenvalue weighted by Crippen LogP contribution is 2.37. The van der Waals surface area contributed by atoms with Crippen molar-refractivity contribution in [2.45, 2.75) is 50.0 Å². The van der Waals surface area contributed by atoms with Gasteiger partial charge in [0.15, 0.2) is 5.78 Å². The summed E-state index contributed by atoms with van der Waals surface area (Å²) < 4.78 is 58.2. The van der Waals surface area contributed by atoms with Gasteiger partial charge in [-0.25, -0.2) is 9.18 Å². The smallest absolute Gasteiger partial charge is 0.429 e. The topological polar surface area (TPSA) is 113 Å². The van der Waals surface area contributed by atoms with Crippen LogP contribution in [0.5, 0.6) is 0 Å². The van der Waals surface area contributed by atoms with E-state index in [2.05, 4.69) is 5.32 Å². The normalized spacial score (nSPS) is 18.2. The zero-order valence-electron chi connectivity index (χ0n) is 17.1. The van der Waals surface area contributed by atoms with E-state index in [4.69, 9.17) is 21.4 Å². The van der Waals surface area contributed by atoms with Crippen LogP contribution in [0.3, 0.4) is 0 Å². The molecular formula is C20H21ClF4N2O6. The summed E-state index contributed by atoms with van der Waals surface area (Å²) in [6.45, 7) is -1.64. The minimum atomic E-state index is -4.98. The molecule has 2 amide bonds. The minimum absolute atomic E-state index is 0.00460. The molecule has 0 bridgehead atoms. The summed E-state index contributed by atoms with van der Waals surface area (Å²) >= 11 is 5.74. The number of carboxylic acids is 1. The van der Waals surface area contributed by atoms with Gasteiger partial charge in [0.2, 0.25) is 12.0 Å². The van der Waals surface area contributed by atoms with Crippen molar-refractivity contribution in [2.75, 3.05) is 13.2 Å². The third-order valence-electron chi connectivity index (χ3n) is 4.92. The Morgan fingerprint density at radius 3 is 2.52 bits per heavy atom. The number of aliphatic carboxylic acids is 1. The zero-order chi connectivity index (χ0) is 24.8. The lowest BCUT2D eigenvalue weighted by Crippen LogP contribution is -2.55. The van der Waals surface area contributed by atoms with E-state index < -0.39 is 66.8 Å². The number of likely N-dealkylation sites (tertiary alicyclic amines) is 1. The number of carboxylic acid groups (broad SMARTS) is 1. The Balaban J connectivity index is 2.21. The molecule has 3 unspecified atom stereocenters.